The van der Waals surface area contributed by atoms with Crippen molar-refractivity contribution in [1.82, 2.24) is 0 Å². The molecule has 0 amide bonds. The van der Waals surface area contributed by atoms with E-state index >= 15 is 0 Å². The van der Waals surface area contributed by atoms with Crippen molar-refractivity contribution in [2.24, 2.45) is 0 Å². The van der Waals surface area contributed by atoms with E-state index in [0.29, 0.717) is 16.0 Å². The van der Waals surface area contributed by atoms with Gasteiger partial charge in [-0.3, -0.25) is 10.1 Å². The third-order valence-corrected chi connectivity index (χ3v) is 4.52. The molecule has 0 N–H and O–H groups in total. The van der Waals surface area contributed by atoms with E-state index in [0.717, 1.165) is 15.4 Å². The average Bonchev–Trinajstić information content (AvgIpc) is 2.41. The zero-order valence-corrected chi connectivity index (χ0v) is 14.7. The molecule has 7 heteroatoms. The Morgan fingerprint density at radius 3 is 2.45 bits per heavy atom. The fourth-order valence-corrected chi connectivity index (χ4v) is 3.20. The van der Waals surface area contributed by atoms with Gasteiger partial charge in [0.15, 0.2) is 0 Å². The number of nitro groups is 1. The first-order valence-electron chi connectivity index (χ1n) is 5.47. The van der Waals surface area contributed by atoms with E-state index in [1.807, 2.05) is 18.2 Å². The Balaban J connectivity index is 2.32. The zero-order chi connectivity index (χ0) is 14.7. The Morgan fingerprint density at radius 1 is 1.10 bits per heavy atom. The molecule has 0 aromatic heterocycles. The fraction of sp³-hybridized carbons (Fsp3) is 0.0769. The maximum absolute atomic E-state index is 10.8. The van der Waals surface area contributed by atoms with Crippen molar-refractivity contribution in [3.8, 4) is 11.5 Å². The lowest BCUT2D eigenvalue weighted by molar-refractivity contribution is -0.384. The van der Waals surface area contributed by atoms with Gasteiger partial charge in [0, 0.05) is 15.9 Å². The Bertz CT molecular complexity index is 661. The fourth-order valence-electron chi connectivity index (χ4n) is 1.51. The van der Waals surface area contributed by atoms with Gasteiger partial charge in [0.2, 0.25) is 0 Å². The second-order valence-electron chi connectivity index (χ2n) is 3.86. The summed E-state index contributed by atoms with van der Waals surface area (Å²) in [7, 11) is 0. The van der Waals surface area contributed by atoms with E-state index < -0.39 is 4.92 Å². The van der Waals surface area contributed by atoms with Crippen LogP contribution in [0.15, 0.2) is 45.3 Å². The molecule has 0 spiro atoms. The molecular formula is C13H8Br3NO3. The van der Waals surface area contributed by atoms with Crippen LogP contribution in [0.4, 0.5) is 5.69 Å². The van der Waals surface area contributed by atoms with Gasteiger partial charge < -0.3 is 4.74 Å². The lowest BCUT2D eigenvalue weighted by Gasteiger charge is -2.09. The minimum absolute atomic E-state index is 0.0145. The quantitative estimate of drug-likeness (QED) is 0.325. The number of non-ortho nitro benzene ring substituents is 1. The lowest BCUT2D eigenvalue weighted by atomic mass is 10.2. The van der Waals surface area contributed by atoms with Gasteiger partial charge in [0.05, 0.1) is 15.5 Å². The van der Waals surface area contributed by atoms with E-state index in [4.69, 9.17) is 4.74 Å². The summed E-state index contributed by atoms with van der Waals surface area (Å²) < 4.78 is 7.25. The first kappa shape index (κ1) is 15.5. The Labute approximate surface area is 140 Å². The van der Waals surface area contributed by atoms with Crippen LogP contribution in [0, 0.1) is 10.1 Å². The lowest BCUT2D eigenvalue weighted by Crippen LogP contribution is -1.91. The number of rotatable bonds is 4. The van der Waals surface area contributed by atoms with E-state index in [2.05, 4.69) is 47.8 Å². The Kier molecular flexibility index (Phi) is 5.17. The summed E-state index contributed by atoms with van der Waals surface area (Å²) in [4.78, 5) is 10.3. The summed E-state index contributed by atoms with van der Waals surface area (Å²) in [6, 6.07) is 9.94. The summed E-state index contributed by atoms with van der Waals surface area (Å²) in [5.41, 5.74) is 1.08. The minimum atomic E-state index is -0.455. The number of hydrogen-bond donors (Lipinski definition) is 0. The molecule has 0 saturated heterocycles. The van der Waals surface area contributed by atoms with Crippen molar-refractivity contribution in [3.63, 3.8) is 0 Å². The predicted molar refractivity (Wildman–Crippen MR) is 87.6 cm³/mol. The topological polar surface area (TPSA) is 52.4 Å². The first-order chi connectivity index (χ1) is 9.51. The summed E-state index contributed by atoms with van der Waals surface area (Å²) >= 11 is 10.1. The molecule has 20 heavy (non-hydrogen) atoms. The largest absolute Gasteiger partial charge is 0.456 e. The van der Waals surface area contributed by atoms with Gasteiger partial charge in [-0.15, -0.1) is 0 Å². The maximum Gasteiger partial charge on any atom is 0.273 e. The van der Waals surface area contributed by atoms with Crippen molar-refractivity contribution in [3.05, 3.63) is 61.0 Å². The minimum Gasteiger partial charge on any atom is -0.456 e. The first-order valence-corrected chi connectivity index (χ1v) is 8.18. The molecule has 2 aromatic rings. The number of benzene rings is 2. The second-order valence-corrected chi connectivity index (χ2v) is 6.13. The highest BCUT2D eigenvalue weighted by atomic mass is 79.9. The normalized spacial score (nSPS) is 10.3. The molecule has 2 aromatic carbocycles. The molecule has 104 valence electrons. The van der Waals surface area contributed by atoms with Gasteiger partial charge in [-0.2, -0.15) is 0 Å². The van der Waals surface area contributed by atoms with Gasteiger partial charge in [0.1, 0.15) is 11.5 Å². The van der Waals surface area contributed by atoms with E-state index in [1.165, 1.54) is 12.1 Å². The number of hydrogen-bond acceptors (Lipinski definition) is 3. The van der Waals surface area contributed by atoms with Crippen LogP contribution in [0.2, 0.25) is 0 Å². The number of alkyl halides is 1. The SMILES string of the molecule is O=[N+]([O-])c1ccc(Br)c(Oc2ccc(CBr)c(Br)c2)c1. The van der Waals surface area contributed by atoms with Gasteiger partial charge in [-0.05, 0) is 39.7 Å². The zero-order valence-electron chi connectivity index (χ0n) is 9.98. The Hall–Kier alpha value is -0.920. The molecule has 0 aliphatic rings. The summed E-state index contributed by atoms with van der Waals surface area (Å²) in [6.45, 7) is 0. The highest BCUT2D eigenvalue weighted by molar-refractivity contribution is 9.11. The molecule has 0 aliphatic heterocycles. The molecule has 0 saturated carbocycles. The molecule has 0 radical (unpaired) electrons. The second kappa shape index (κ2) is 6.69. The standard InChI is InChI=1S/C13H8Br3NO3/c14-7-8-1-3-10(6-12(8)16)20-13-5-9(17(18)19)2-4-11(13)15/h1-6H,7H2. The Morgan fingerprint density at radius 2 is 1.85 bits per heavy atom. The van der Waals surface area contributed by atoms with Gasteiger partial charge >= 0.3 is 0 Å². The number of nitrogens with zero attached hydrogens (tertiary/aromatic N) is 1. The van der Waals surface area contributed by atoms with Crippen LogP contribution < -0.4 is 4.74 Å². The van der Waals surface area contributed by atoms with E-state index in [1.54, 1.807) is 6.07 Å². The third kappa shape index (κ3) is 3.59. The molecule has 0 atom stereocenters. The van der Waals surface area contributed by atoms with Crippen LogP contribution in [0.25, 0.3) is 0 Å². The molecule has 4 nitrogen and oxygen atoms in total. The van der Waals surface area contributed by atoms with Gasteiger partial charge in [-0.25, -0.2) is 0 Å². The highest BCUT2D eigenvalue weighted by Gasteiger charge is 2.11. The predicted octanol–water partition coefficient (Wildman–Crippen LogP) is 5.81. The van der Waals surface area contributed by atoms with E-state index in [9.17, 15) is 10.1 Å². The summed E-state index contributed by atoms with van der Waals surface area (Å²) in [5.74, 6) is 1.00. The molecule has 2 rings (SSSR count). The van der Waals surface area contributed by atoms with Crippen LogP contribution in [0.1, 0.15) is 5.56 Å². The summed E-state index contributed by atoms with van der Waals surface area (Å²) in [6.07, 6.45) is 0. The number of halogens is 3. The molecule has 0 heterocycles. The third-order valence-electron chi connectivity index (χ3n) is 2.52. The van der Waals surface area contributed by atoms with Crippen molar-refractivity contribution in [2.45, 2.75) is 5.33 Å². The number of ether oxygens (including phenoxy) is 1. The van der Waals surface area contributed by atoms with Crippen LogP contribution in [0.3, 0.4) is 0 Å². The number of nitro benzene ring substituents is 1. The summed E-state index contributed by atoms with van der Waals surface area (Å²) in [5, 5.41) is 11.5. The van der Waals surface area contributed by atoms with Crippen molar-refractivity contribution in [2.75, 3.05) is 0 Å². The van der Waals surface area contributed by atoms with Crippen LogP contribution >= 0.6 is 47.8 Å². The molecule has 0 aliphatic carbocycles. The molecule has 0 unspecified atom stereocenters. The monoisotopic (exact) mass is 463 g/mol. The van der Waals surface area contributed by atoms with Crippen molar-refractivity contribution >= 4 is 53.5 Å². The van der Waals surface area contributed by atoms with Crippen molar-refractivity contribution in [1.29, 1.82) is 0 Å². The maximum atomic E-state index is 10.8. The molecule has 0 bridgehead atoms. The van der Waals surface area contributed by atoms with Crippen LogP contribution in [-0.2, 0) is 5.33 Å². The van der Waals surface area contributed by atoms with Crippen molar-refractivity contribution < 1.29 is 9.66 Å². The van der Waals surface area contributed by atoms with Gasteiger partial charge in [0.25, 0.3) is 5.69 Å². The van der Waals surface area contributed by atoms with Crippen LogP contribution in [-0.4, -0.2) is 4.92 Å². The smallest absolute Gasteiger partial charge is 0.273 e. The van der Waals surface area contributed by atoms with E-state index in [-0.39, 0.29) is 5.69 Å². The highest BCUT2D eigenvalue weighted by Crippen LogP contribution is 2.34. The average molecular weight is 466 g/mol. The molecular weight excluding hydrogens is 458 g/mol. The van der Waals surface area contributed by atoms with Gasteiger partial charge in [-0.1, -0.05) is 37.9 Å². The molecule has 0 fully saturated rings. The van der Waals surface area contributed by atoms with Crippen LogP contribution in [0.5, 0.6) is 11.5 Å².